The number of nitrogens with zero attached hydrogens (tertiary/aromatic N) is 3. The summed E-state index contributed by atoms with van der Waals surface area (Å²) in [6.45, 7) is 27.0. The third kappa shape index (κ3) is 5.28. The van der Waals surface area contributed by atoms with Crippen LogP contribution in [0.3, 0.4) is 0 Å². The van der Waals surface area contributed by atoms with Crippen molar-refractivity contribution in [2.24, 2.45) is 0 Å². The smallest absolute Gasteiger partial charge is 0.252 e. The fraction of sp³-hybridized carbons (Fsp3) is 0.304. The van der Waals surface area contributed by atoms with Crippen LogP contribution < -0.4 is 31.1 Å². The van der Waals surface area contributed by atoms with Crippen molar-refractivity contribution in [3.05, 3.63) is 196 Å². The summed E-state index contributed by atoms with van der Waals surface area (Å²) in [5.74, 6) is 0. The van der Waals surface area contributed by atoms with Crippen molar-refractivity contribution in [1.82, 2.24) is 0 Å². The molecule has 2 unspecified atom stereocenters. The lowest BCUT2D eigenvalue weighted by molar-refractivity contribution is 0.195. The molecule has 0 radical (unpaired) electrons. The SMILES string of the molecule is CC(C)(C)c1ccc2c(c1)C1(C)CCCCC1(C)N2c1cc2c3c(c1)N(c1ccc4c(c1)C(C)(C)c1ccccc1-4)c1cccc4c1B3c1c(cccc1C4(C)C)N2c1ccc2c(c1)C(C)(C)c1ccccc1-2. The van der Waals surface area contributed by atoms with E-state index in [1.54, 1.807) is 0 Å². The average Bonchev–Trinajstić information content (AvgIpc) is 3.85. The minimum absolute atomic E-state index is 0.0204. The Morgan fingerprint density at radius 3 is 1.40 bits per heavy atom. The largest absolute Gasteiger partial charge is 0.334 e. The van der Waals surface area contributed by atoms with Gasteiger partial charge in [-0.15, -0.1) is 0 Å². The second kappa shape index (κ2) is 13.9. The number of hydrogen-bond acceptors (Lipinski definition) is 3. The van der Waals surface area contributed by atoms with Gasteiger partial charge in [0, 0.05) is 67.2 Å². The summed E-state index contributed by atoms with van der Waals surface area (Å²) >= 11 is 0. The van der Waals surface area contributed by atoms with Crippen molar-refractivity contribution in [3.63, 3.8) is 0 Å². The number of benzene rings is 8. The third-order valence-electron chi connectivity index (χ3n) is 20.3. The first-order valence-corrected chi connectivity index (χ1v) is 27.3. The van der Waals surface area contributed by atoms with Crippen molar-refractivity contribution >= 4 is 68.6 Å². The summed E-state index contributed by atoms with van der Waals surface area (Å²) in [6, 6.07) is 60.3. The first kappa shape index (κ1) is 43.8. The van der Waals surface area contributed by atoms with Gasteiger partial charge < -0.3 is 14.7 Å². The first-order chi connectivity index (χ1) is 34.9. The Morgan fingerprint density at radius 1 is 0.384 bits per heavy atom. The van der Waals surface area contributed by atoms with E-state index in [-0.39, 0.29) is 39.3 Å². The zero-order valence-corrected chi connectivity index (χ0v) is 44.7. The van der Waals surface area contributed by atoms with Gasteiger partial charge in [-0.2, -0.15) is 0 Å². The Labute approximate surface area is 434 Å². The standard InChI is InChI=1S/C69H66BN3/c1-64(2,3)41-28-33-56-55(36-41)68(10)34-16-17-35-69(68,11)73(56)44-39-59-63-60(40-44)72(43-30-32-48-46-21-13-15-23-50(46)66(6,7)54(48)38-43)58-27-19-25-52-62(58)70(63)61-51(67(52,8)9)24-18-26-57(61)71(59)42-29-31-47-45-20-12-14-22-49(45)65(4,5)53(47)37-42/h12-15,18-33,36-40H,16-17,34-35H2,1-11H3. The lowest BCUT2D eigenvalue weighted by Crippen LogP contribution is -2.67. The van der Waals surface area contributed by atoms with Crippen molar-refractivity contribution in [1.29, 1.82) is 0 Å². The van der Waals surface area contributed by atoms with Crippen LogP contribution in [0, 0.1) is 0 Å². The molecule has 3 aliphatic carbocycles. The number of fused-ring (bicyclic) bond motifs is 9. The van der Waals surface area contributed by atoms with Gasteiger partial charge in [0.05, 0.1) is 5.54 Å². The molecule has 15 rings (SSSR count). The highest BCUT2D eigenvalue weighted by Crippen LogP contribution is 2.63. The summed E-state index contributed by atoms with van der Waals surface area (Å²) in [6.07, 6.45) is 4.80. The molecule has 360 valence electrons. The maximum absolute atomic E-state index is 2.84. The Hall–Kier alpha value is -6.78. The molecular formula is C69H66BN3. The molecule has 1 fully saturated rings. The fourth-order valence-electron chi connectivity index (χ4n) is 16.3. The Kier molecular flexibility index (Phi) is 8.32. The summed E-state index contributed by atoms with van der Waals surface area (Å²) in [4.78, 5) is 8.25. The van der Waals surface area contributed by atoms with Gasteiger partial charge in [-0.25, -0.2) is 0 Å². The molecule has 0 bridgehead atoms. The van der Waals surface area contributed by atoms with Gasteiger partial charge >= 0.3 is 0 Å². The maximum atomic E-state index is 2.84. The molecule has 0 amide bonds. The van der Waals surface area contributed by atoms with E-state index in [1.807, 2.05) is 0 Å². The Bertz CT molecular complexity index is 3600. The predicted octanol–water partition coefficient (Wildman–Crippen LogP) is 16.1. The summed E-state index contributed by atoms with van der Waals surface area (Å²) in [5.41, 5.74) is 30.8. The fourth-order valence-corrected chi connectivity index (χ4v) is 16.3. The normalized spacial score (nSPS) is 22.0. The van der Waals surface area contributed by atoms with E-state index in [4.69, 9.17) is 0 Å². The molecule has 4 heteroatoms. The van der Waals surface area contributed by atoms with Crippen LogP contribution in [-0.4, -0.2) is 12.3 Å². The highest BCUT2D eigenvalue weighted by Gasteiger charge is 2.59. The zero-order chi connectivity index (χ0) is 50.1. The molecule has 0 aromatic heterocycles. The van der Waals surface area contributed by atoms with Crippen LogP contribution in [0.2, 0.25) is 0 Å². The maximum Gasteiger partial charge on any atom is 0.252 e. The molecule has 73 heavy (non-hydrogen) atoms. The molecule has 1 saturated carbocycles. The second-order valence-electron chi connectivity index (χ2n) is 26.0. The van der Waals surface area contributed by atoms with Crippen LogP contribution in [0.15, 0.2) is 152 Å². The molecule has 8 aromatic carbocycles. The monoisotopic (exact) mass is 948 g/mol. The van der Waals surface area contributed by atoms with E-state index < -0.39 is 0 Å². The quantitative estimate of drug-likeness (QED) is 0.163. The van der Waals surface area contributed by atoms with E-state index in [1.165, 1.54) is 148 Å². The Morgan fingerprint density at radius 2 is 0.863 bits per heavy atom. The lowest BCUT2D eigenvalue weighted by Gasteiger charge is -2.52. The van der Waals surface area contributed by atoms with Crippen molar-refractivity contribution in [3.8, 4) is 22.3 Å². The highest BCUT2D eigenvalue weighted by atomic mass is 15.3. The molecule has 7 aliphatic rings. The van der Waals surface area contributed by atoms with E-state index in [9.17, 15) is 0 Å². The third-order valence-corrected chi connectivity index (χ3v) is 20.3. The van der Waals surface area contributed by atoms with Gasteiger partial charge in [0.15, 0.2) is 0 Å². The number of anilines is 8. The van der Waals surface area contributed by atoms with Crippen LogP contribution in [0.1, 0.15) is 146 Å². The minimum Gasteiger partial charge on any atom is -0.334 e. The van der Waals surface area contributed by atoms with Crippen molar-refractivity contribution in [2.45, 2.75) is 134 Å². The minimum atomic E-state index is -0.228. The van der Waals surface area contributed by atoms with Gasteiger partial charge in [-0.3, -0.25) is 0 Å². The summed E-state index contributed by atoms with van der Waals surface area (Å²) < 4.78 is 0. The van der Waals surface area contributed by atoms with E-state index in [0.29, 0.717) is 0 Å². The van der Waals surface area contributed by atoms with Crippen LogP contribution in [0.25, 0.3) is 22.3 Å². The number of hydrogen-bond donors (Lipinski definition) is 0. The molecule has 4 heterocycles. The first-order valence-electron chi connectivity index (χ1n) is 27.3. The van der Waals surface area contributed by atoms with Crippen LogP contribution in [0.4, 0.5) is 45.5 Å². The second-order valence-corrected chi connectivity index (χ2v) is 26.0. The molecule has 8 aromatic rings. The van der Waals surface area contributed by atoms with E-state index >= 15 is 0 Å². The summed E-state index contributed by atoms with van der Waals surface area (Å²) in [5, 5.41) is 0. The zero-order valence-electron chi connectivity index (χ0n) is 44.7. The van der Waals surface area contributed by atoms with Gasteiger partial charge in [-0.05, 0) is 163 Å². The molecule has 0 N–H and O–H groups in total. The molecular weight excluding hydrogens is 882 g/mol. The molecule has 2 atom stereocenters. The molecule has 0 saturated heterocycles. The predicted molar refractivity (Wildman–Crippen MR) is 309 cm³/mol. The van der Waals surface area contributed by atoms with Crippen LogP contribution in [-0.2, 0) is 27.1 Å². The number of rotatable bonds is 3. The molecule has 3 nitrogen and oxygen atoms in total. The summed E-state index contributed by atoms with van der Waals surface area (Å²) in [7, 11) is 0. The van der Waals surface area contributed by atoms with Crippen LogP contribution in [0.5, 0.6) is 0 Å². The van der Waals surface area contributed by atoms with Gasteiger partial charge in [0.1, 0.15) is 0 Å². The Balaban J connectivity index is 1.05. The van der Waals surface area contributed by atoms with Gasteiger partial charge in [-0.1, -0.05) is 179 Å². The van der Waals surface area contributed by atoms with E-state index in [0.717, 1.165) is 6.42 Å². The lowest BCUT2D eigenvalue weighted by atomic mass is 9.28. The van der Waals surface area contributed by atoms with Gasteiger partial charge in [0.2, 0.25) is 0 Å². The van der Waals surface area contributed by atoms with Gasteiger partial charge in [0.25, 0.3) is 6.71 Å². The topological polar surface area (TPSA) is 9.72 Å². The molecule has 4 aliphatic heterocycles. The molecule has 0 spiro atoms. The van der Waals surface area contributed by atoms with Crippen molar-refractivity contribution in [2.75, 3.05) is 14.7 Å². The van der Waals surface area contributed by atoms with Crippen molar-refractivity contribution < 1.29 is 0 Å². The van der Waals surface area contributed by atoms with E-state index in [2.05, 4.69) is 243 Å². The highest BCUT2D eigenvalue weighted by molar-refractivity contribution is 7.01. The van der Waals surface area contributed by atoms with Crippen LogP contribution >= 0.6 is 0 Å². The average molecular weight is 948 g/mol.